The summed E-state index contributed by atoms with van der Waals surface area (Å²) < 4.78 is 31.5. The number of hydrogen-bond donors (Lipinski definition) is 2. The summed E-state index contributed by atoms with van der Waals surface area (Å²) in [7, 11) is -2.64. The Balaban J connectivity index is 2.07. The van der Waals surface area contributed by atoms with Crippen molar-refractivity contribution in [3.8, 4) is 5.75 Å². The van der Waals surface area contributed by atoms with E-state index in [0.29, 0.717) is 23.6 Å². The van der Waals surface area contributed by atoms with E-state index < -0.39 is 28.4 Å². The summed E-state index contributed by atoms with van der Waals surface area (Å²) in [4.78, 5) is 23.2. The molecule has 0 aliphatic rings. The molecule has 0 saturated heterocycles. The van der Waals surface area contributed by atoms with Crippen molar-refractivity contribution in [2.75, 3.05) is 25.5 Å². The van der Waals surface area contributed by atoms with E-state index in [1.165, 1.54) is 49.5 Å². The number of anilines is 1. The molecule has 0 unspecified atom stereocenters. The number of ether oxygens (including phenoxy) is 1. The van der Waals surface area contributed by atoms with Gasteiger partial charge in [-0.2, -0.15) is 4.31 Å². The van der Waals surface area contributed by atoms with Crippen molar-refractivity contribution < 1.29 is 22.7 Å². The first-order valence-corrected chi connectivity index (χ1v) is 10.1. The average Bonchev–Trinajstić information content (AvgIpc) is 2.63. The Morgan fingerprint density at radius 3 is 2.36 bits per heavy atom. The van der Waals surface area contributed by atoms with Crippen LogP contribution in [-0.4, -0.2) is 44.7 Å². The van der Waals surface area contributed by atoms with Crippen molar-refractivity contribution in [3.63, 3.8) is 0 Å². The van der Waals surface area contributed by atoms with Crippen LogP contribution < -0.4 is 15.8 Å². The molecule has 0 radical (unpaired) electrons. The van der Waals surface area contributed by atoms with Gasteiger partial charge < -0.3 is 15.8 Å². The number of nitrogens with zero attached hydrogens (tertiary/aromatic N) is 1. The lowest BCUT2D eigenvalue weighted by Gasteiger charge is -2.17. The predicted octanol–water partition coefficient (Wildman–Crippen LogP) is 2.10. The van der Waals surface area contributed by atoms with Gasteiger partial charge in [-0.3, -0.25) is 9.59 Å². The van der Waals surface area contributed by atoms with Gasteiger partial charge in [0.25, 0.3) is 0 Å². The van der Waals surface area contributed by atoms with Crippen LogP contribution in [0, 0.1) is 0 Å². The molecule has 0 aliphatic heterocycles. The van der Waals surface area contributed by atoms with Gasteiger partial charge in [-0.05, 0) is 49.4 Å². The van der Waals surface area contributed by atoms with E-state index in [2.05, 4.69) is 5.32 Å². The molecule has 0 saturated carbocycles. The minimum absolute atomic E-state index is 0.0536. The Morgan fingerprint density at radius 2 is 1.82 bits per heavy atom. The summed E-state index contributed by atoms with van der Waals surface area (Å²) >= 11 is 6.05. The maximum Gasteiger partial charge on any atom is 0.248 e. The molecular weight excluding hydrogens is 406 g/mol. The van der Waals surface area contributed by atoms with Crippen molar-refractivity contribution in [2.24, 2.45) is 5.73 Å². The Labute approximate surface area is 168 Å². The first-order chi connectivity index (χ1) is 13.1. The van der Waals surface area contributed by atoms with Gasteiger partial charge in [0, 0.05) is 18.3 Å². The van der Waals surface area contributed by atoms with Gasteiger partial charge in [-0.15, -0.1) is 0 Å². The highest BCUT2D eigenvalue weighted by Crippen LogP contribution is 2.28. The van der Waals surface area contributed by atoms with Crippen molar-refractivity contribution in [1.29, 1.82) is 0 Å². The second-order valence-electron chi connectivity index (χ2n) is 5.78. The summed E-state index contributed by atoms with van der Waals surface area (Å²) in [5.74, 6) is -0.754. The van der Waals surface area contributed by atoms with Gasteiger partial charge >= 0.3 is 0 Å². The van der Waals surface area contributed by atoms with Crippen LogP contribution in [0.3, 0.4) is 0 Å². The lowest BCUT2D eigenvalue weighted by atomic mass is 10.2. The molecule has 8 nitrogen and oxygen atoms in total. The summed E-state index contributed by atoms with van der Waals surface area (Å²) in [6.07, 6.45) is 0. The quantitative estimate of drug-likeness (QED) is 0.671. The summed E-state index contributed by atoms with van der Waals surface area (Å²) in [5.41, 5.74) is 5.86. The number of carbonyl (C=O) groups is 2. The van der Waals surface area contributed by atoms with Gasteiger partial charge in [0.15, 0.2) is 0 Å². The third-order valence-corrected chi connectivity index (χ3v) is 5.83. The van der Waals surface area contributed by atoms with E-state index in [4.69, 9.17) is 22.1 Å². The summed E-state index contributed by atoms with van der Waals surface area (Å²) in [5, 5.41) is 2.72. The van der Waals surface area contributed by atoms with E-state index in [9.17, 15) is 18.0 Å². The minimum Gasteiger partial charge on any atom is -0.492 e. The Kier molecular flexibility index (Phi) is 7.00. The molecule has 2 amide bonds. The maximum atomic E-state index is 12.7. The SMILES string of the molecule is CCOc1ccc(S(=O)(=O)N(C)CC(=O)Nc2ccc(C(N)=O)cc2)cc1Cl. The largest absolute Gasteiger partial charge is 0.492 e. The van der Waals surface area contributed by atoms with Crippen LogP contribution in [0.4, 0.5) is 5.69 Å². The zero-order chi connectivity index (χ0) is 20.9. The van der Waals surface area contributed by atoms with E-state index in [1.54, 1.807) is 6.92 Å². The van der Waals surface area contributed by atoms with Crippen LogP contribution in [-0.2, 0) is 14.8 Å². The van der Waals surface area contributed by atoms with E-state index in [0.717, 1.165) is 4.31 Å². The summed E-state index contributed by atoms with van der Waals surface area (Å²) in [6.45, 7) is 1.77. The predicted molar refractivity (Wildman–Crippen MR) is 106 cm³/mol. The molecule has 2 aromatic carbocycles. The molecule has 10 heteroatoms. The fourth-order valence-corrected chi connectivity index (χ4v) is 3.75. The van der Waals surface area contributed by atoms with Crippen molar-refractivity contribution in [1.82, 2.24) is 4.31 Å². The third-order valence-electron chi connectivity index (χ3n) is 3.73. The van der Waals surface area contributed by atoms with Gasteiger partial charge in [0.05, 0.1) is 23.1 Å². The fraction of sp³-hybridized carbons (Fsp3) is 0.222. The molecular formula is C18H20ClN3O5S. The lowest BCUT2D eigenvalue weighted by Crippen LogP contribution is -2.35. The van der Waals surface area contributed by atoms with Gasteiger partial charge in [0.2, 0.25) is 21.8 Å². The number of likely N-dealkylation sites (N-methyl/N-ethyl adjacent to an activating group) is 1. The Morgan fingerprint density at radius 1 is 1.18 bits per heavy atom. The van der Waals surface area contributed by atoms with Crippen LogP contribution in [0.1, 0.15) is 17.3 Å². The monoisotopic (exact) mass is 425 g/mol. The molecule has 2 aromatic rings. The van der Waals surface area contributed by atoms with Gasteiger partial charge in [-0.25, -0.2) is 8.42 Å². The molecule has 150 valence electrons. The lowest BCUT2D eigenvalue weighted by molar-refractivity contribution is -0.116. The number of primary amides is 1. The number of nitrogens with two attached hydrogens (primary N) is 1. The fourth-order valence-electron chi connectivity index (χ4n) is 2.30. The standard InChI is InChI=1S/C18H20ClN3O5S/c1-3-27-16-9-8-14(10-15(16)19)28(25,26)22(2)11-17(23)21-13-6-4-12(5-7-13)18(20)24/h4-10H,3,11H2,1-2H3,(H2,20,24)(H,21,23). The first kappa shape index (κ1) is 21.7. The molecule has 0 fully saturated rings. The highest BCUT2D eigenvalue weighted by molar-refractivity contribution is 7.89. The van der Waals surface area contributed by atoms with E-state index >= 15 is 0 Å². The first-order valence-electron chi connectivity index (χ1n) is 8.23. The topological polar surface area (TPSA) is 119 Å². The van der Waals surface area contributed by atoms with Gasteiger partial charge in [0.1, 0.15) is 5.75 Å². The van der Waals surface area contributed by atoms with E-state index in [-0.39, 0.29) is 9.92 Å². The Bertz CT molecular complexity index is 977. The molecule has 0 atom stereocenters. The molecule has 2 rings (SSSR count). The van der Waals surface area contributed by atoms with E-state index in [1.807, 2.05) is 0 Å². The van der Waals surface area contributed by atoms with Gasteiger partial charge in [-0.1, -0.05) is 11.6 Å². The van der Waals surface area contributed by atoms with Crippen molar-refractivity contribution in [3.05, 3.63) is 53.1 Å². The van der Waals surface area contributed by atoms with Crippen LogP contribution in [0.15, 0.2) is 47.4 Å². The molecule has 3 N–H and O–H groups in total. The third kappa shape index (κ3) is 5.22. The van der Waals surface area contributed by atoms with Crippen molar-refractivity contribution >= 4 is 39.1 Å². The zero-order valence-corrected chi connectivity index (χ0v) is 16.9. The van der Waals surface area contributed by atoms with Crippen LogP contribution >= 0.6 is 11.6 Å². The number of nitrogens with one attached hydrogen (secondary N) is 1. The van der Waals surface area contributed by atoms with Crippen LogP contribution in [0.25, 0.3) is 0 Å². The molecule has 0 aromatic heterocycles. The summed E-state index contributed by atoms with van der Waals surface area (Å²) in [6, 6.07) is 10.0. The number of halogens is 1. The molecule has 28 heavy (non-hydrogen) atoms. The van der Waals surface area contributed by atoms with Crippen molar-refractivity contribution in [2.45, 2.75) is 11.8 Å². The van der Waals surface area contributed by atoms with Crippen LogP contribution in [0.5, 0.6) is 5.75 Å². The number of amides is 2. The highest BCUT2D eigenvalue weighted by atomic mass is 35.5. The molecule has 0 heterocycles. The maximum absolute atomic E-state index is 12.7. The zero-order valence-electron chi connectivity index (χ0n) is 15.3. The Hall–Kier alpha value is -2.62. The molecule has 0 bridgehead atoms. The number of hydrogen-bond acceptors (Lipinski definition) is 5. The number of carbonyl (C=O) groups excluding carboxylic acids is 2. The minimum atomic E-state index is -3.93. The number of sulfonamides is 1. The number of rotatable bonds is 8. The van der Waals surface area contributed by atoms with Crippen LogP contribution in [0.2, 0.25) is 5.02 Å². The number of benzene rings is 2. The highest BCUT2D eigenvalue weighted by Gasteiger charge is 2.24. The normalized spacial score (nSPS) is 11.3. The molecule has 0 spiro atoms. The second-order valence-corrected chi connectivity index (χ2v) is 8.23. The average molecular weight is 426 g/mol. The molecule has 0 aliphatic carbocycles. The smallest absolute Gasteiger partial charge is 0.248 e. The second kappa shape index (κ2) is 9.05.